The van der Waals surface area contributed by atoms with Crippen LogP contribution in [0.3, 0.4) is 0 Å². The number of carbonyl (C=O) groups excluding carboxylic acids is 1. The Morgan fingerprint density at radius 3 is 2.74 bits per heavy atom. The number of amides is 1. The predicted molar refractivity (Wildman–Crippen MR) is 107 cm³/mol. The number of benzene rings is 3. The van der Waals surface area contributed by atoms with Gasteiger partial charge in [0.05, 0.1) is 0 Å². The monoisotopic (exact) mass is 376 g/mol. The molecule has 0 aliphatic heterocycles. The van der Waals surface area contributed by atoms with Gasteiger partial charge in [0.1, 0.15) is 24.0 Å². The van der Waals surface area contributed by atoms with Crippen molar-refractivity contribution in [1.29, 1.82) is 5.26 Å². The quantitative estimate of drug-likeness (QED) is 0.514. The molecule has 2 N–H and O–H groups in total. The lowest BCUT2D eigenvalue weighted by Crippen LogP contribution is -2.12. The molecule has 0 saturated heterocycles. The normalized spacial score (nSPS) is 11.2. The highest BCUT2D eigenvalue weighted by molar-refractivity contribution is 6.30. The molecule has 0 aliphatic carbocycles. The van der Waals surface area contributed by atoms with Crippen molar-refractivity contribution < 1.29 is 9.53 Å². The Morgan fingerprint density at radius 2 is 2.00 bits per heavy atom. The molecule has 4 nitrogen and oxygen atoms in total. The number of hydrogen-bond acceptors (Lipinski definition) is 3. The zero-order valence-corrected chi connectivity index (χ0v) is 15.5. The number of nitrogens with zero attached hydrogens (tertiary/aromatic N) is 1. The molecule has 3 aromatic rings. The fraction of sp³-hybridized carbons (Fsp3) is 0.0909. The number of nitriles is 1. The van der Waals surface area contributed by atoms with Crippen molar-refractivity contribution in [3.05, 3.63) is 81.9 Å². The van der Waals surface area contributed by atoms with Crippen molar-refractivity contribution in [2.75, 3.05) is 0 Å². The van der Waals surface area contributed by atoms with E-state index in [2.05, 4.69) is 24.3 Å². The standard InChI is InChI=1S/C22H17ClN2O2/c1-14-6-7-15-4-2-3-5-19(15)20(14)13-27-21-9-8-18(23)11-16(21)10-17(12-24)22(25)26/h2-11H,13H2,1H3,(H2,25,26)/b17-10+. The summed E-state index contributed by atoms with van der Waals surface area (Å²) in [6, 6.07) is 19.1. The lowest BCUT2D eigenvalue weighted by molar-refractivity contribution is -0.114. The molecule has 0 aromatic heterocycles. The molecule has 1 amide bonds. The minimum absolute atomic E-state index is 0.163. The number of aryl methyl sites for hydroxylation is 1. The molecule has 3 aromatic carbocycles. The van der Waals surface area contributed by atoms with E-state index in [1.807, 2.05) is 19.1 Å². The van der Waals surface area contributed by atoms with Gasteiger partial charge in [-0.3, -0.25) is 4.79 Å². The van der Waals surface area contributed by atoms with Gasteiger partial charge in [-0.15, -0.1) is 0 Å². The van der Waals surface area contributed by atoms with Gasteiger partial charge in [0.15, 0.2) is 0 Å². The number of nitrogens with two attached hydrogens (primary N) is 1. The fourth-order valence-corrected chi connectivity index (χ4v) is 3.04. The van der Waals surface area contributed by atoms with E-state index in [1.165, 1.54) is 6.08 Å². The number of hydrogen-bond donors (Lipinski definition) is 1. The van der Waals surface area contributed by atoms with Gasteiger partial charge < -0.3 is 10.5 Å². The second-order valence-corrected chi connectivity index (χ2v) is 6.52. The van der Waals surface area contributed by atoms with Crippen LogP contribution in [0.1, 0.15) is 16.7 Å². The minimum atomic E-state index is -0.798. The average Bonchev–Trinajstić information content (AvgIpc) is 2.66. The van der Waals surface area contributed by atoms with Crippen LogP contribution >= 0.6 is 11.6 Å². The molecule has 5 heteroatoms. The van der Waals surface area contributed by atoms with Gasteiger partial charge in [-0.1, -0.05) is 48.0 Å². The van der Waals surface area contributed by atoms with E-state index < -0.39 is 5.91 Å². The Morgan fingerprint density at radius 1 is 1.22 bits per heavy atom. The van der Waals surface area contributed by atoms with E-state index in [9.17, 15) is 4.79 Å². The van der Waals surface area contributed by atoms with Crippen molar-refractivity contribution in [2.24, 2.45) is 5.73 Å². The predicted octanol–water partition coefficient (Wildman–Crippen LogP) is 4.77. The van der Waals surface area contributed by atoms with E-state index in [1.54, 1.807) is 24.3 Å². The second kappa shape index (κ2) is 7.94. The summed E-state index contributed by atoms with van der Waals surface area (Å²) in [6.45, 7) is 2.38. The van der Waals surface area contributed by atoms with Gasteiger partial charge >= 0.3 is 0 Å². The molecule has 134 valence electrons. The maximum absolute atomic E-state index is 11.4. The number of ether oxygens (including phenoxy) is 1. The second-order valence-electron chi connectivity index (χ2n) is 6.09. The summed E-state index contributed by atoms with van der Waals surface area (Å²) in [6.07, 6.45) is 1.39. The fourth-order valence-electron chi connectivity index (χ4n) is 2.86. The number of carbonyl (C=O) groups is 1. The molecule has 0 spiro atoms. The molecule has 0 saturated carbocycles. The van der Waals surface area contributed by atoms with Crippen LogP contribution in [0.5, 0.6) is 5.75 Å². The zero-order chi connectivity index (χ0) is 19.4. The van der Waals surface area contributed by atoms with Gasteiger partial charge in [0.2, 0.25) is 0 Å². The summed E-state index contributed by atoms with van der Waals surface area (Å²) in [7, 11) is 0. The van der Waals surface area contributed by atoms with Gasteiger partial charge in [-0.2, -0.15) is 5.26 Å². The first-order valence-corrected chi connectivity index (χ1v) is 8.68. The molecule has 0 aliphatic rings. The lowest BCUT2D eigenvalue weighted by atomic mass is 10.0. The first-order chi connectivity index (χ1) is 13.0. The summed E-state index contributed by atoms with van der Waals surface area (Å²) < 4.78 is 6.03. The third-order valence-corrected chi connectivity index (χ3v) is 4.54. The number of primary amides is 1. The topological polar surface area (TPSA) is 76.1 Å². The largest absolute Gasteiger partial charge is 0.488 e. The van der Waals surface area contributed by atoms with Crippen LogP contribution in [0, 0.1) is 18.3 Å². The molecule has 0 radical (unpaired) electrons. The van der Waals surface area contributed by atoms with Crippen LogP contribution in [0.2, 0.25) is 5.02 Å². The van der Waals surface area contributed by atoms with E-state index in [0.29, 0.717) is 22.9 Å². The molecule has 3 rings (SSSR count). The van der Waals surface area contributed by atoms with Gasteiger partial charge in [-0.25, -0.2) is 0 Å². The number of rotatable bonds is 5. The Bertz CT molecular complexity index is 1100. The van der Waals surface area contributed by atoms with Crippen LogP contribution in [-0.4, -0.2) is 5.91 Å². The van der Waals surface area contributed by atoms with Gasteiger partial charge in [0, 0.05) is 16.1 Å². The summed E-state index contributed by atoms with van der Waals surface area (Å²) in [5, 5.41) is 11.8. The summed E-state index contributed by atoms with van der Waals surface area (Å²) in [4.78, 5) is 11.4. The molecule has 0 unspecified atom stereocenters. The van der Waals surface area contributed by atoms with Crippen molar-refractivity contribution in [1.82, 2.24) is 0 Å². The Balaban J connectivity index is 1.97. The Kier molecular flexibility index (Phi) is 5.44. The van der Waals surface area contributed by atoms with Crippen LogP contribution < -0.4 is 10.5 Å². The van der Waals surface area contributed by atoms with E-state index in [4.69, 9.17) is 27.3 Å². The third kappa shape index (κ3) is 4.11. The van der Waals surface area contributed by atoms with Gasteiger partial charge in [-0.05, 0) is 47.5 Å². The van der Waals surface area contributed by atoms with Gasteiger partial charge in [0.25, 0.3) is 5.91 Å². The first-order valence-electron chi connectivity index (χ1n) is 8.31. The van der Waals surface area contributed by atoms with Crippen molar-refractivity contribution >= 4 is 34.4 Å². The maximum atomic E-state index is 11.4. The average molecular weight is 377 g/mol. The van der Waals surface area contributed by atoms with E-state index in [0.717, 1.165) is 21.9 Å². The highest BCUT2D eigenvalue weighted by Crippen LogP contribution is 2.28. The molecular weight excluding hydrogens is 360 g/mol. The van der Waals surface area contributed by atoms with E-state index >= 15 is 0 Å². The summed E-state index contributed by atoms with van der Waals surface area (Å²) in [5.41, 5.74) is 7.78. The van der Waals surface area contributed by atoms with E-state index in [-0.39, 0.29) is 5.57 Å². The molecule has 0 fully saturated rings. The van der Waals surface area contributed by atoms with Crippen molar-refractivity contribution in [2.45, 2.75) is 13.5 Å². The lowest BCUT2D eigenvalue weighted by Gasteiger charge is -2.14. The summed E-state index contributed by atoms with van der Waals surface area (Å²) in [5.74, 6) is -0.283. The summed E-state index contributed by atoms with van der Waals surface area (Å²) >= 11 is 6.06. The Hall–Kier alpha value is -3.29. The number of halogens is 1. The third-order valence-electron chi connectivity index (χ3n) is 4.30. The van der Waals surface area contributed by atoms with Crippen LogP contribution in [0.25, 0.3) is 16.8 Å². The SMILES string of the molecule is Cc1ccc2ccccc2c1COc1ccc(Cl)cc1/C=C(\C#N)C(N)=O. The molecule has 0 bridgehead atoms. The molecule has 0 heterocycles. The van der Waals surface area contributed by atoms with Crippen molar-refractivity contribution in [3.63, 3.8) is 0 Å². The Labute approximate surface area is 162 Å². The molecule has 27 heavy (non-hydrogen) atoms. The zero-order valence-electron chi connectivity index (χ0n) is 14.7. The molecule has 0 atom stereocenters. The highest BCUT2D eigenvalue weighted by Gasteiger charge is 2.10. The van der Waals surface area contributed by atoms with Crippen LogP contribution in [-0.2, 0) is 11.4 Å². The van der Waals surface area contributed by atoms with Crippen LogP contribution in [0.15, 0.2) is 60.2 Å². The van der Waals surface area contributed by atoms with Crippen LogP contribution in [0.4, 0.5) is 0 Å². The molecular formula is C22H17ClN2O2. The maximum Gasteiger partial charge on any atom is 0.259 e. The van der Waals surface area contributed by atoms with Crippen molar-refractivity contribution in [3.8, 4) is 11.8 Å². The minimum Gasteiger partial charge on any atom is -0.488 e. The first kappa shape index (κ1) is 18.5. The smallest absolute Gasteiger partial charge is 0.259 e. The highest BCUT2D eigenvalue weighted by atomic mass is 35.5. The number of fused-ring (bicyclic) bond motifs is 1.